The Kier molecular flexibility index (Phi) is 4.43. The molecule has 1 heterocycles. The molecule has 2 rings (SSSR count). The Balaban J connectivity index is 2.28. The summed E-state index contributed by atoms with van der Waals surface area (Å²) in [7, 11) is 0. The van der Waals surface area contributed by atoms with Gasteiger partial charge in [-0.3, -0.25) is 14.5 Å². The Morgan fingerprint density at radius 3 is 2.77 bits per heavy atom. The summed E-state index contributed by atoms with van der Waals surface area (Å²) in [5.74, 6) is -1.58. The van der Waals surface area contributed by atoms with Gasteiger partial charge in [-0.05, 0) is 19.1 Å². The predicted molar refractivity (Wildman–Crippen MR) is 67.6 cm³/mol. The monoisotopic (exact) mass is 319 g/mol. The van der Waals surface area contributed by atoms with Gasteiger partial charge < -0.3 is 14.2 Å². The molecule has 0 radical (unpaired) electrons. The van der Waals surface area contributed by atoms with Crippen molar-refractivity contribution < 1.29 is 37.0 Å². The number of anilines is 1. The summed E-state index contributed by atoms with van der Waals surface area (Å²) in [5.41, 5.74) is 0.0195. The smallest absolute Gasteiger partial charge is 0.482 e. The summed E-state index contributed by atoms with van der Waals surface area (Å²) in [4.78, 5) is 24.3. The fourth-order valence-electron chi connectivity index (χ4n) is 1.89. The third kappa shape index (κ3) is 3.80. The largest absolute Gasteiger partial charge is 0.573 e. The first-order valence-corrected chi connectivity index (χ1v) is 6.28. The van der Waals surface area contributed by atoms with Crippen LogP contribution >= 0.6 is 0 Å². The third-order valence-corrected chi connectivity index (χ3v) is 2.70. The van der Waals surface area contributed by atoms with Gasteiger partial charge in [-0.2, -0.15) is 0 Å². The van der Waals surface area contributed by atoms with Crippen LogP contribution in [0.2, 0.25) is 0 Å². The molecule has 0 fully saturated rings. The molecule has 0 spiro atoms. The molecule has 9 heteroatoms. The maximum Gasteiger partial charge on any atom is 0.573 e. The molecule has 1 aromatic rings. The second kappa shape index (κ2) is 6.12. The fourth-order valence-corrected chi connectivity index (χ4v) is 1.89. The Morgan fingerprint density at radius 2 is 2.14 bits per heavy atom. The molecule has 1 amide bonds. The Hall–Kier alpha value is -2.45. The van der Waals surface area contributed by atoms with E-state index < -0.39 is 30.5 Å². The Morgan fingerprint density at radius 1 is 1.41 bits per heavy atom. The normalized spacial score (nSPS) is 14.2. The van der Waals surface area contributed by atoms with Crippen LogP contribution in [0, 0.1) is 0 Å². The molecule has 0 unspecified atom stereocenters. The molecule has 0 N–H and O–H groups in total. The highest BCUT2D eigenvalue weighted by Crippen LogP contribution is 2.36. The highest BCUT2D eigenvalue weighted by molar-refractivity contribution is 6.01. The van der Waals surface area contributed by atoms with E-state index in [1.54, 1.807) is 6.92 Å². The van der Waals surface area contributed by atoms with Gasteiger partial charge in [0.05, 0.1) is 12.3 Å². The lowest BCUT2D eigenvalue weighted by Crippen LogP contribution is -2.42. The van der Waals surface area contributed by atoms with Gasteiger partial charge in [-0.1, -0.05) is 0 Å². The molecule has 0 aromatic heterocycles. The van der Waals surface area contributed by atoms with E-state index in [9.17, 15) is 22.8 Å². The molecule has 0 saturated heterocycles. The van der Waals surface area contributed by atoms with Crippen LogP contribution < -0.4 is 14.4 Å². The number of benzene rings is 1. The predicted octanol–water partition coefficient (Wildman–Crippen LogP) is 1.87. The summed E-state index contributed by atoms with van der Waals surface area (Å²) >= 11 is 0. The average molecular weight is 319 g/mol. The van der Waals surface area contributed by atoms with E-state index in [0.717, 1.165) is 17.0 Å². The quantitative estimate of drug-likeness (QED) is 0.793. The molecule has 1 aliphatic heterocycles. The lowest BCUT2D eigenvalue weighted by Gasteiger charge is -2.28. The van der Waals surface area contributed by atoms with Gasteiger partial charge in [-0.15, -0.1) is 13.2 Å². The zero-order valence-corrected chi connectivity index (χ0v) is 11.5. The van der Waals surface area contributed by atoms with Crippen molar-refractivity contribution in [3.8, 4) is 11.5 Å². The van der Waals surface area contributed by atoms with Crippen LogP contribution in [-0.2, 0) is 14.3 Å². The van der Waals surface area contributed by atoms with Crippen LogP contribution in [0.15, 0.2) is 18.2 Å². The number of ether oxygens (including phenoxy) is 3. The Labute approximate surface area is 123 Å². The molecule has 1 aliphatic rings. The number of carbonyl (C=O) groups excluding carboxylic acids is 2. The number of halogens is 3. The number of alkyl halides is 3. The summed E-state index contributed by atoms with van der Waals surface area (Å²) in [6.45, 7) is 0.994. The van der Waals surface area contributed by atoms with Crippen molar-refractivity contribution in [2.45, 2.75) is 13.3 Å². The van der Waals surface area contributed by atoms with Crippen LogP contribution in [0.5, 0.6) is 11.5 Å². The van der Waals surface area contributed by atoms with E-state index in [-0.39, 0.29) is 24.7 Å². The fraction of sp³-hybridized carbons (Fsp3) is 0.385. The standard InChI is InChI=1S/C13H12F3NO5/c1-2-20-12(19)6-17-9-5-8(22-13(14,15)16)3-4-10(9)21-7-11(17)18/h3-5H,2,6-7H2,1H3. The van der Waals surface area contributed by atoms with Gasteiger partial charge in [0.15, 0.2) is 6.61 Å². The molecule has 22 heavy (non-hydrogen) atoms. The van der Waals surface area contributed by atoms with E-state index in [4.69, 9.17) is 9.47 Å². The second-order valence-electron chi connectivity index (χ2n) is 4.25. The first kappa shape index (κ1) is 15.9. The number of nitrogens with zero attached hydrogens (tertiary/aromatic N) is 1. The van der Waals surface area contributed by atoms with E-state index in [0.29, 0.717) is 0 Å². The third-order valence-electron chi connectivity index (χ3n) is 2.70. The highest BCUT2D eigenvalue weighted by atomic mass is 19.4. The molecule has 0 atom stereocenters. The number of hydrogen-bond acceptors (Lipinski definition) is 5. The zero-order valence-electron chi connectivity index (χ0n) is 11.5. The lowest BCUT2D eigenvalue weighted by atomic mass is 10.2. The van der Waals surface area contributed by atoms with Crippen LogP contribution in [0.25, 0.3) is 0 Å². The van der Waals surface area contributed by atoms with E-state index in [1.807, 2.05) is 0 Å². The van der Waals surface area contributed by atoms with Crippen LogP contribution in [0.3, 0.4) is 0 Å². The minimum atomic E-state index is -4.86. The van der Waals surface area contributed by atoms with Crippen molar-refractivity contribution in [3.05, 3.63) is 18.2 Å². The van der Waals surface area contributed by atoms with Gasteiger partial charge in [0.1, 0.15) is 18.0 Å². The van der Waals surface area contributed by atoms with E-state index in [1.165, 1.54) is 6.07 Å². The molecule has 6 nitrogen and oxygen atoms in total. The number of rotatable bonds is 4. The topological polar surface area (TPSA) is 65.1 Å². The Bertz CT molecular complexity index is 588. The molecule has 0 bridgehead atoms. The van der Waals surface area contributed by atoms with Gasteiger partial charge >= 0.3 is 12.3 Å². The SMILES string of the molecule is CCOC(=O)CN1C(=O)COc2ccc(OC(F)(F)F)cc21. The van der Waals surface area contributed by atoms with E-state index >= 15 is 0 Å². The van der Waals surface area contributed by atoms with Crippen molar-refractivity contribution in [2.24, 2.45) is 0 Å². The van der Waals surface area contributed by atoms with Crippen molar-refractivity contribution in [2.75, 3.05) is 24.7 Å². The number of amides is 1. The van der Waals surface area contributed by atoms with Gasteiger partial charge in [0, 0.05) is 6.07 Å². The average Bonchev–Trinajstić information content (AvgIpc) is 2.41. The number of esters is 1. The number of hydrogen-bond donors (Lipinski definition) is 0. The molecular formula is C13H12F3NO5. The minimum Gasteiger partial charge on any atom is -0.482 e. The zero-order chi connectivity index (χ0) is 16.3. The highest BCUT2D eigenvalue weighted by Gasteiger charge is 2.33. The summed E-state index contributed by atoms with van der Waals surface area (Å²) in [5, 5.41) is 0. The summed E-state index contributed by atoms with van der Waals surface area (Å²) in [6, 6.07) is 3.28. The van der Waals surface area contributed by atoms with Crippen molar-refractivity contribution >= 4 is 17.6 Å². The van der Waals surface area contributed by atoms with E-state index in [2.05, 4.69) is 4.74 Å². The number of carbonyl (C=O) groups is 2. The molecule has 0 aliphatic carbocycles. The molecule has 1 aromatic carbocycles. The lowest BCUT2D eigenvalue weighted by molar-refractivity contribution is -0.274. The summed E-state index contributed by atoms with van der Waals surface area (Å²) in [6.07, 6.45) is -4.86. The first-order valence-electron chi connectivity index (χ1n) is 6.28. The molecule has 0 saturated carbocycles. The molecule has 120 valence electrons. The van der Waals surface area contributed by atoms with Gasteiger partial charge in [0.25, 0.3) is 5.91 Å². The van der Waals surface area contributed by atoms with Crippen molar-refractivity contribution in [3.63, 3.8) is 0 Å². The molecular weight excluding hydrogens is 307 g/mol. The second-order valence-corrected chi connectivity index (χ2v) is 4.25. The number of fused-ring (bicyclic) bond motifs is 1. The first-order chi connectivity index (χ1) is 10.3. The minimum absolute atomic E-state index is 0.0195. The maximum absolute atomic E-state index is 12.2. The van der Waals surface area contributed by atoms with Crippen molar-refractivity contribution in [1.82, 2.24) is 0 Å². The maximum atomic E-state index is 12.2. The van der Waals surface area contributed by atoms with Crippen LogP contribution in [0.1, 0.15) is 6.92 Å². The van der Waals surface area contributed by atoms with Crippen LogP contribution in [-0.4, -0.2) is 38.0 Å². The van der Waals surface area contributed by atoms with Crippen LogP contribution in [0.4, 0.5) is 18.9 Å². The van der Waals surface area contributed by atoms with Crippen molar-refractivity contribution in [1.29, 1.82) is 0 Å². The van der Waals surface area contributed by atoms with Gasteiger partial charge in [-0.25, -0.2) is 0 Å². The summed E-state index contributed by atoms with van der Waals surface area (Å²) < 4.78 is 50.4. The van der Waals surface area contributed by atoms with Gasteiger partial charge in [0.2, 0.25) is 0 Å².